The van der Waals surface area contributed by atoms with Crippen LogP contribution in [0.3, 0.4) is 0 Å². The maximum atomic E-state index is 11.8. The normalized spacial score (nSPS) is 10.9. The van der Waals surface area contributed by atoms with E-state index in [1.165, 1.54) is 10.9 Å². The number of nitrogens with one attached hydrogen (secondary N) is 1. The fourth-order valence-corrected chi connectivity index (χ4v) is 1.97. The molecule has 0 saturated heterocycles. The minimum absolute atomic E-state index is 0. The van der Waals surface area contributed by atoms with Gasteiger partial charge in [-0.1, -0.05) is 0 Å². The van der Waals surface area contributed by atoms with Crippen molar-refractivity contribution in [3.63, 3.8) is 0 Å². The number of ether oxygens (including phenoxy) is 1. The van der Waals surface area contributed by atoms with Crippen LogP contribution in [-0.2, 0) is 11.3 Å². The van der Waals surface area contributed by atoms with E-state index in [1.54, 1.807) is 0 Å². The summed E-state index contributed by atoms with van der Waals surface area (Å²) in [7, 11) is -4.26. The van der Waals surface area contributed by atoms with Crippen LogP contribution in [0.25, 0.3) is 11.0 Å². The van der Waals surface area contributed by atoms with Crippen LogP contribution in [0.15, 0.2) is 6.33 Å². The van der Waals surface area contributed by atoms with Crippen LogP contribution in [0.5, 0.6) is 11.8 Å². The van der Waals surface area contributed by atoms with Crippen molar-refractivity contribution >= 4 is 19.0 Å². The van der Waals surface area contributed by atoms with Crippen molar-refractivity contribution in [2.75, 3.05) is 13.0 Å². The van der Waals surface area contributed by atoms with E-state index >= 15 is 0 Å². The molecule has 2 aromatic rings. The van der Waals surface area contributed by atoms with Crippen molar-refractivity contribution in [3.8, 4) is 11.8 Å². The minimum Gasteiger partial charge on any atom is -0.857 e. The largest absolute Gasteiger partial charge is 1.00 e. The van der Waals surface area contributed by atoms with Gasteiger partial charge in [-0.2, -0.15) is 0 Å². The number of hydrogen-bond acceptors (Lipinski definition) is 10. The molecule has 0 radical (unpaired) electrons. The molecule has 114 valence electrons. The molecule has 14 heteroatoms. The molecule has 11 nitrogen and oxygen atoms in total. The zero-order valence-corrected chi connectivity index (χ0v) is 17.4. The first-order chi connectivity index (χ1) is 9.78. The van der Waals surface area contributed by atoms with Crippen molar-refractivity contribution in [1.82, 2.24) is 19.5 Å². The second-order valence-corrected chi connectivity index (χ2v) is 5.58. The van der Waals surface area contributed by atoms with E-state index in [4.69, 9.17) is 19.9 Å². The minimum atomic E-state index is -4.26. The molecule has 0 bridgehead atoms. The van der Waals surface area contributed by atoms with Crippen molar-refractivity contribution in [3.05, 3.63) is 11.9 Å². The van der Waals surface area contributed by atoms with Gasteiger partial charge < -0.3 is 24.4 Å². The van der Waals surface area contributed by atoms with Crippen molar-refractivity contribution < 1.29 is 88.7 Å². The topological polar surface area (TPSA) is 186 Å². The summed E-state index contributed by atoms with van der Waals surface area (Å²) in [6.07, 6.45) is 0.447. The Labute approximate surface area is 174 Å². The van der Waals surface area contributed by atoms with Crippen molar-refractivity contribution in [2.24, 2.45) is 0 Å². The van der Waals surface area contributed by atoms with Crippen LogP contribution in [-0.4, -0.2) is 42.3 Å². The Morgan fingerprint density at radius 3 is 2.43 bits per heavy atom. The molecule has 0 amide bonds. The molecule has 2 aromatic heterocycles. The van der Waals surface area contributed by atoms with Crippen LogP contribution in [0.4, 0.5) is 0 Å². The molecule has 0 fully saturated rings. The van der Waals surface area contributed by atoms with Gasteiger partial charge in [-0.3, -0.25) is 5.41 Å². The van der Waals surface area contributed by atoms with Crippen LogP contribution in [0.1, 0.15) is 0 Å². The molecule has 2 heterocycles. The zero-order valence-electron chi connectivity index (χ0n) is 12.5. The predicted molar refractivity (Wildman–Crippen MR) is 62.2 cm³/mol. The Bertz CT molecular complexity index is 724. The number of rotatable bonds is 5. The molecule has 0 spiro atoms. The molecule has 0 unspecified atom stereocenters. The summed E-state index contributed by atoms with van der Waals surface area (Å²) in [5.74, 6) is -1.68. The van der Waals surface area contributed by atoms with E-state index in [2.05, 4.69) is 15.0 Å². The monoisotopic (exact) mass is 361 g/mol. The van der Waals surface area contributed by atoms with Gasteiger partial charge in [0, 0.05) is 18.3 Å². The molecule has 0 atom stereocenters. The van der Waals surface area contributed by atoms with E-state index in [9.17, 15) is 15.1 Å². The maximum absolute atomic E-state index is 11.8. The van der Waals surface area contributed by atoms with Gasteiger partial charge in [-0.15, -0.1) is 0 Å². The Hall–Kier alpha value is 0.0900. The molecule has 0 aromatic carbocycles. The van der Waals surface area contributed by atoms with Gasteiger partial charge >= 0.3 is 59.1 Å². The average Bonchev–Trinajstić information content (AvgIpc) is 2.72. The first kappa shape index (κ1) is 23.1. The Kier molecular flexibility index (Phi) is 9.58. The smallest absolute Gasteiger partial charge is 0.857 e. The molecule has 0 aliphatic heterocycles. The summed E-state index contributed by atoms with van der Waals surface area (Å²) < 4.78 is 6.03. The number of nitrogens with zero attached hydrogens (tertiary/aromatic N) is 4. The number of fused-ring (bicyclic) bond motifs is 1. The van der Waals surface area contributed by atoms with E-state index in [0.717, 1.165) is 0 Å². The fraction of sp³-hybridized carbons (Fsp3) is 0.333. The zero-order chi connectivity index (χ0) is 15.6. The van der Waals surface area contributed by atoms with Gasteiger partial charge in [-0.25, -0.2) is 24.7 Å². The molecule has 23 heavy (non-hydrogen) atoms. The van der Waals surface area contributed by atoms with Gasteiger partial charge in [0.2, 0.25) is 12.0 Å². The van der Waals surface area contributed by atoms with E-state index in [-0.39, 0.29) is 83.3 Å². The Morgan fingerprint density at radius 1 is 1.22 bits per heavy atom. The SMILES string of the molecule is N=c1nc([O-])c2ncn(CCOC[P+]([O-])(O)O)c2c([O-])n1.[Na+].[Na+]. The first-order valence-electron chi connectivity index (χ1n) is 5.56. The summed E-state index contributed by atoms with van der Waals surface area (Å²) in [6.45, 7) is -0.0752. The van der Waals surface area contributed by atoms with E-state index < -0.39 is 31.7 Å². The van der Waals surface area contributed by atoms with Crippen molar-refractivity contribution in [2.45, 2.75) is 6.54 Å². The molecule has 0 aliphatic carbocycles. The molecule has 3 N–H and O–H groups in total. The number of imidazole rings is 1. The predicted octanol–water partition coefficient (Wildman–Crippen LogP) is -9.46. The number of aromatic nitrogens is 4. The summed E-state index contributed by atoms with van der Waals surface area (Å²) >= 11 is 0. The van der Waals surface area contributed by atoms with Crippen LogP contribution in [0, 0.1) is 5.41 Å². The summed E-state index contributed by atoms with van der Waals surface area (Å²) in [5, 5.41) is 30.6. The van der Waals surface area contributed by atoms with Gasteiger partial charge in [-0.05, 0) is 0 Å². The van der Waals surface area contributed by atoms with Gasteiger partial charge in [0.25, 0.3) is 7.94 Å². The van der Waals surface area contributed by atoms with Crippen LogP contribution in [0.2, 0.25) is 0 Å². The Balaban J connectivity index is 0.00000242. The van der Waals surface area contributed by atoms with Crippen LogP contribution < -0.4 is 79.8 Å². The van der Waals surface area contributed by atoms with Gasteiger partial charge in [0.05, 0.1) is 18.5 Å². The maximum Gasteiger partial charge on any atom is 1.00 e. The molecule has 0 saturated carbocycles. The van der Waals surface area contributed by atoms with Gasteiger partial charge in [0.15, 0.2) is 0 Å². The fourth-order valence-electron chi connectivity index (χ4n) is 1.60. The summed E-state index contributed by atoms with van der Waals surface area (Å²) in [5.41, 5.74) is -1.06. The third kappa shape index (κ3) is 6.48. The van der Waals surface area contributed by atoms with Crippen LogP contribution >= 0.6 is 7.94 Å². The van der Waals surface area contributed by atoms with E-state index in [0.29, 0.717) is 0 Å². The second-order valence-electron chi connectivity index (χ2n) is 3.99. The summed E-state index contributed by atoms with van der Waals surface area (Å²) in [6, 6.07) is 0. The molecular formula is C9H10N5Na2O6P. The van der Waals surface area contributed by atoms with Gasteiger partial charge in [0.1, 0.15) is 5.52 Å². The van der Waals surface area contributed by atoms with E-state index in [1.807, 2.05) is 0 Å². The average molecular weight is 361 g/mol. The standard InChI is InChI=1S/C9H12N5O6P.2Na/c10-9-12-7(15)5-6(8(16)13-9)14(3-11-5)1-2-20-4-21(17,18)19;;/h3H,1-2,4H2,(H2,17,18,19)(H3,10,12,13,15,16);;/q;2*+1/p-2. The third-order valence-corrected chi connectivity index (χ3v) is 2.91. The second kappa shape index (κ2) is 9.54. The molecular weight excluding hydrogens is 351 g/mol. The summed E-state index contributed by atoms with van der Waals surface area (Å²) in [4.78, 5) is 38.2. The molecule has 0 aliphatic rings. The third-order valence-electron chi connectivity index (χ3n) is 2.39. The Morgan fingerprint density at radius 2 is 1.83 bits per heavy atom. The molecule has 2 rings (SSSR count). The first-order valence-corrected chi connectivity index (χ1v) is 7.36. The number of hydrogen-bond donors (Lipinski definition) is 3. The van der Waals surface area contributed by atoms with Crippen molar-refractivity contribution in [1.29, 1.82) is 5.41 Å². The quantitative estimate of drug-likeness (QED) is 0.264.